The van der Waals surface area contributed by atoms with Crippen LogP contribution in [0.4, 0.5) is 10.1 Å². The van der Waals surface area contributed by atoms with Crippen molar-refractivity contribution in [1.82, 2.24) is 4.90 Å². The van der Waals surface area contributed by atoms with Crippen LogP contribution in [0.25, 0.3) is 0 Å². The second-order valence-corrected chi connectivity index (χ2v) is 8.18. The van der Waals surface area contributed by atoms with Gasteiger partial charge >= 0.3 is 0 Å². The van der Waals surface area contributed by atoms with Crippen LogP contribution in [-0.4, -0.2) is 23.8 Å². The number of anilines is 1. The van der Waals surface area contributed by atoms with Crippen LogP contribution in [-0.2, 0) is 21.5 Å². The van der Waals surface area contributed by atoms with E-state index in [2.05, 4.69) is 38.2 Å². The molecule has 0 saturated heterocycles. The topological polar surface area (TPSA) is 49.4 Å². The Labute approximate surface area is 159 Å². The number of benzene rings is 2. The van der Waals surface area contributed by atoms with Crippen molar-refractivity contribution in [1.29, 1.82) is 0 Å². The fourth-order valence-corrected chi connectivity index (χ4v) is 3.39. The van der Waals surface area contributed by atoms with E-state index in [0.29, 0.717) is 17.8 Å². The van der Waals surface area contributed by atoms with E-state index < -0.39 is 11.7 Å². The zero-order chi connectivity index (χ0) is 19.8. The number of nitrogens with one attached hydrogen (secondary N) is 1. The molecule has 0 radical (unpaired) electrons. The predicted octanol–water partition coefficient (Wildman–Crippen LogP) is 4.21. The molecule has 0 spiro atoms. The highest BCUT2D eigenvalue weighted by molar-refractivity contribution is 6.01. The van der Waals surface area contributed by atoms with Crippen LogP contribution < -0.4 is 5.32 Å². The number of carbonyl (C=O) groups excluding carboxylic acids is 2. The van der Waals surface area contributed by atoms with E-state index in [9.17, 15) is 14.0 Å². The largest absolute Gasteiger partial charge is 0.341 e. The first-order chi connectivity index (χ1) is 12.6. The van der Waals surface area contributed by atoms with Gasteiger partial charge in [-0.25, -0.2) is 4.39 Å². The first-order valence-electron chi connectivity index (χ1n) is 9.09. The number of hydrogen-bond acceptors (Lipinski definition) is 2. The maximum atomic E-state index is 13.5. The third-order valence-corrected chi connectivity index (χ3v) is 4.97. The predicted molar refractivity (Wildman–Crippen MR) is 104 cm³/mol. The molecule has 1 aliphatic rings. The van der Waals surface area contributed by atoms with Crippen LogP contribution in [0.3, 0.4) is 0 Å². The Morgan fingerprint density at radius 2 is 1.85 bits per heavy atom. The van der Waals surface area contributed by atoms with Crippen molar-refractivity contribution in [2.24, 2.45) is 0 Å². The quantitative estimate of drug-likeness (QED) is 0.882. The molecule has 1 N–H and O–H groups in total. The number of rotatable bonds is 3. The van der Waals surface area contributed by atoms with Gasteiger partial charge in [0.25, 0.3) is 0 Å². The molecule has 1 unspecified atom stereocenters. The van der Waals surface area contributed by atoms with Gasteiger partial charge in [-0.15, -0.1) is 0 Å². The third-order valence-electron chi connectivity index (χ3n) is 4.97. The highest BCUT2D eigenvalue weighted by Crippen LogP contribution is 2.34. The average molecular weight is 368 g/mol. The van der Waals surface area contributed by atoms with Gasteiger partial charge in [-0.1, -0.05) is 51.1 Å². The van der Waals surface area contributed by atoms with Crippen LogP contribution in [0.5, 0.6) is 0 Å². The van der Waals surface area contributed by atoms with E-state index in [4.69, 9.17) is 0 Å². The summed E-state index contributed by atoms with van der Waals surface area (Å²) in [5, 5.41) is 2.64. The van der Waals surface area contributed by atoms with E-state index in [1.54, 1.807) is 18.0 Å². The van der Waals surface area contributed by atoms with Crippen molar-refractivity contribution < 1.29 is 14.0 Å². The lowest BCUT2D eigenvalue weighted by Crippen LogP contribution is -2.36. The number of hydrogen-bond donors (Lipinski definition) is 1. The molecule has 1 heterocycles. The maximum Gasteiger partial charge on any atom is 0.230 e. The van der Waals surface area contributed by atoms with Crippen LogP contribution >= 0.6 is 0 Å². The molecule has 0 fully saturated rings. The molecule has 1 atom stereocenters. The molecular weight excluding hydrogens is 343 g/mol. The molecule has 2 amide bonds. The monoisotopic (exact) mass is 368 g/mol. The smallest absolute Gasteiger partial charge is 0.230 e. The van der Waals surface area contributed by atoms with Crippen LogP contribution in [0.15, 0.2) is 42.5 Å². The van der Waals surface area contributed by atoms with Crippen LogP contribution in [0.2, 0.25) is 0 Å². The van der Waals surface area contributed by atoms with Crippen molar-refractivity contribution in [3.63, 3.8) is 0 Å². The van der Waals surface area contributed by atoms with Gasteiger partial charge in [0.2, 0.25) is 11.8 Å². The molecule has 0 saturated carbocycles. The van der Waals surface area contributed by atoms with Crippen LogP contribution in [0.1, 0.15) is 49.8 Å². The zero-order valence-electron chi connectivity index (χ0n) is 16.2. The fraction of sp³-hybridized carbons (Fsp3) is 0.364. The minimum atomic E-state index is -0.590. The molecule has 5 heteroatoms. The standard InChI is InChI=1S/C22H25FN2O2/c1-22(2,3)15-7-5-14(6-8-15)13-25(4)21(27)18-12-20(26)24-19-11-16(23)9-10-17(18)19/h5-11,18H,12-13H2,1-4H3,(H,24,26). The van der Waals surface area contributed by atoms with Gasteiger partial charge in [-0.3, -0.25) is 9.59 Å². The van der Waals surface area contributed by atoms with E-state index in [1.165, 1.54) is 17.7 Å². The summed E-state index contributed by atoms with van der Waals surface area (Å²) in [5.74, 6) is -1.44. The molecule has 142 valence electrons. The lowest BCUT2D eigenvalue weighted by molar-refractivity contribution is -0.134. The molecule has 27 heavy (non-hydrogen) atoms. The Hall–Kier alpha value is -2.69. The van der Waals surface area contributed by atoms with Crippen molar-refractivity contribution in [2.45, 2.75) is 45.1 Å². The van der Waals surface area contributed by atoms with Crippen LogP contribution in [0, 0.1) is 5.82 Å². The Balaban J connectivity index is 1.77. The summed E-state index contributed by atoms with van der Waals surface area (Å²) < 4.78 is 13.5. The first kappa shape index (κ1) is 19.1. The first-order valence-corrected chi connectivity index (χ1v) is 9.09. The van der Waals surface area contributed by atoms with E-state index in [1.807, 2.05) is 12.1 Å². The number of nitrogens with zero attached hydrogens (tertiary/aromatic N) is 1. The molecule has 2 aromatic carbocycles. The van der Waals surface area contributed by atoms with Gasteiger partial charge in [-0.05, 0) is 34.2 Å². The zero-order valence-corrected chi connectivity index (χ0v) is 16.2. The molecular formula is C22H25FN2O2. The van der Waals surface area contributed by atoms with Gasteiger partial charge in [0, 0.05) is 25.7 Å². The molecule has 2 aromatic rings. The third kappa shape index (κ3) is 4.18. The summed E-state index contributed by atoms with van der Waals surface area (Å²) >= 11 is 0. The van der Waals surface area contributed by atoms with Gasteiger partial charge in [0.05, 0.1) is 5.92 Å². The molecule has 3 rings (SSSR count). The van der Waals surface area contributed by atoms with Gasteiger partial charge in [-0.2, -0.15) is 0 Å². The number of likely N-dealkylation sites (N-methyl/N-ethyl adjacent to an activating group) is 1. The summed E-state index contributed by atoms with van der Waals surface area (Å²) in [6.45, 7) is 6.93. The number of halogens is 1. The average Bonchev–Trinajstić information content (AvgIpc) is 2.59. The van der Waals surface area contributed by atoms with E-state index >= 15 is 0 Å². The van der Waals surface area contributed by atoms with Gasteiger partial charge in [0.15, 0.2) is 0 Å². The van der Waals surface area contributed by atoms with Crippen molar-refractivity contribution >= 4 is 17.5 Å². The number of fused-ring (bicyclic) bond motifs is 1. The molecule has 0 aromatic heterocycles. The minimum Gasteiger partial charge on any atom is -0.341 e. The van der Waals surface area contributed by atoms with Gasteiger partial charge in [0.1, 0.15) is 5.82 Å². The molecule has 4 nitrogen and oxygen atoms in total. The summed E-state index contributed by atoms with van der Waals surface area (Å²) in [5.41, 5.74) is 3.39. The van der Waals surface area contributed by atoms with Crippen molar-refractivity contribution in [3.05, 3.63) is 65.0 Å². The van der Waals surface area contributed by atoms with Crippen molar-refractivity contribution in [3.8, 4) is 0 Å². The Morgan fingerprint density at radius 1 is 1.19 bits per heavy atom. The molecule has 0 bridgehead atoms. The second-order valence-electron chi connectivity index (χ2n) is 8.18. The summed E-state index contributed by atoms with van der Waals surface area (Å²) in [7, 11) is 1.73. The number of carbonyl (C=O) groups is 2. The Bertz CT molecular complexity index is 869. The second kappa shape index (κ2) is 7.14. The minimum absolute atomic E-state index is 0.0742. The van der Waals surface area contributed by atoms with Gasteiger partial charge < -0.3 is 10.2 Å². The van der Waals surface area contributed by atoms with E-state index in [-0.39, 0.29) is 23.7 Å². The summed E-state index contributed by atoms with van der Waals surface area (Å²) in [4.78, 5) is 26.6. The summed E-state index contributed by atoms with van der Waals surface area (Å²) in [6, 6.07) is 12.4. The molecule has 1 aliphatic heterocycles. The van der Waals surface area contributed by atoms with E-state index in [0.717, 1.165) is 5.56 Å². The maximum absolute atomic E-state index is 13.5. The normalized spacial score (nSPS) is 16.5. The molecule has 0 aliphatic carbocycles. The fourth-order valence-electron chi connectivity index (χ4n) is 3.39. The highest BCUT2D eigenvalue weighted by Gasteiger charge is 2.32. The van der Waals surface area contributed by atoms with Crippen molar-refractivity contribution in [2.75, 3.05) is 12.4 Å². The lowest BCUT2D eigenvalue weighted by atomic mass is 9.86. The SMILES string of the molecule is CN(Cc1ccc(C(C)(C)C)cc1)C(=O)C1CC(=O)Nc2cc(F)ccc21. The number of amides is 2. The summed E-state index contributed by atoms with van der Waals surface area (Å²) in [6.07, 6.45) is 0.0742. The Morgan fingerprint density at radius 3 is 2.48 bits per heavy atom. The Kier molecular flexibility index (Phi) is 5.05. The lowest BCUT2D eigenvalue weighted by Gasteiger charge is -2.29. The highest BCUT2D eigenvalue weighted by atomic mass is 19.1.